The van der Waals surface area contributed by atoms with Gasteiger partial charge >= 0.3 is 0 Å². The Morgan fingerprint density at radius 1 is 1.23 bits per heavy atom. The number of rotatable bonds is 0. The molecular formula is C10H13NOS. The lowest BCUT2D eigenvalue weighted by Crippen LogP contribution is -2.38. The summed E-state index contributed by atoms with van der Waals surface area (Å²) in [6, 6.07) is 0. The summed E-state index contributed by atoms with van der Waals surface area (Å²) < 4.78 is 14.4. The van der Waals surface area contributed by atoms with E-state index in [2.05, 4.69) is 16.9 Å². The smallest absolute Gasteiger partial charge is 0.0960 e. The maximum atomic E-state index is 11.3. The van der Waals surface area contributed by atoms with Crippen molar-refractivity contribution in [2.75, 3.05) is 12.3 Å². The van der Waals surface area contributed by atoms with Gasteiger partial charge in [0.25, 0.3) is 0 Å². The third kappa shape index (κ3) is 1.14. The Hall–Kier alpha value is -0.410. The first-order valence-corrected chi connectivity index (χ1v) is 6.18. The van der Waals surface area contributed by atoms with Gasteiger partial charge in [-0.2, -0.15) is 0 Å². The Kier molecular flexibility index (Phi) is 1.70. The molecule has 0 aromatic heterocycles. The summed E-state index contributed by atoms with van der Waals surface area (Å²) in [5.74, 6) is 2.04. The Morgan fingerprint density at radius 3 is 2.62 bits per heavy atom. The van der Waals surface area contributed by atoms with Crippen LogP contribution < -0.4 is 4.72 Å². The van der Waals surface area contributed by atoms with Crippen LogP contribution in [0.3, 0.4) is 0 Å². The Balaban J connectivity index is 2.03. The van der Waals surface area contributed by atoms with Crippen LogP contribution in [0.25, 0.3) is 0 Å². The predicted octanol–water partition coefficient (Wildman–Crippen LogP) is 1.15. The quantitative estimate of drug-likeness (QED) is 0.577. The topological polar surface area (TPSA) is 29.1 Å². The van der Waals surface area contributed by atoms with Crippen LogP contribution in [0.1, 0.15) is 12.8 Å². The molecule has 3 heteroatoms. The highest BCUT2D eigenvalue weighted by Crippen LogP contribution is 2.41. The number of allylic oxidation sites excluding steroid dienone is 2. The van der Waals surface area contributed by atoms with E-state index in [0.717, 1.165) is 12.3 Å². The van der Waals surface area contributed by atoms with Gasteiger partial charge in [-0.25, -0.2) is 8.93 Å². The molecule has 0 fully saturated rings. The SMILES string of the molecule is O=S1CC2=C(CN1)C1C=CC2CC1. The second-order valence-electron chi connectivity index (χ2n) is 4.04. The molecule has 3 aliphatic carbocycles. The number of nitrogens with one attached hydrogen (secondary N) is 1. The van der Waals surface area contributed by atoms with E-state index in [4.69, 9.17) is 0 Å². The molecule has 0 saturated carbocycles. The molecule has 0 amide bonds. The van der Waals surface area contributed by atoms with Crippen molar-refractivity contribution in [1.82, 2.24) is 4.72 Å². The monoisotopic (exact) mass is 195 g/mol. The molecule has 2 nitrogen and oxygen atoms in total. The van der Waals surface area contributed by atoms with Crippen LogP contribution in [-0.2, 0) is 11.0 Å². The highest BCUT2D eigenvalue weighted by Gasteiger charge is 2.33. The summed E-state index contributed by atoms with van der Waals surface area (Å²) in [6.45, 7) is 0.855. The van der Waals surface area contributed by atoms with Gasteiger partial charge in [0.15, 0.2) is 0 Å². The van der Waals surface area contributed by atoms with E-state index < -0.39 is 11.0 Å². The van der Waals surface area contributed by atoms with Crippen LogP contribution >= 0.6 is 0 Å². The maximum absolute atomic E-state index is 11.3. The standard InChI is InChI=1S/C10H13NOS/c12-13-6-10-8-3-1-7(2-4-8)9(10)5-11-13/h1,3,7-8,11H,2,4-6H2. The second kappa shape index (κ2) is 2.79. The molecule has 70 valence electrons. The molecule has 4 rings (SSSR count). The van der Waals surface area contributed by atoms with Gasteiger partial charge in [0.05, 0.1) is 16.7 Å². The number of hydrogen-bond acceptors (Lipinski definition) is 1. The minimum absolute atomic E-state index is 0.617. The van der Waals surface area contributed by atoms with Crippen molar-refractivity contribution in [3.05, 3.63) is 23.3 Å². The van der Waals surface area contributed by atoms with E-state index >= 15 is 0 Å². The molecule has 1 aliphatic heterocycles. The molecular weight excluding hydrogens is 182 g/mol. The molecule has 4 aliphatic rings. The van der Waals surface area contributed by atoms with Crippen molar-refractivity contribution >= 4 is 11.0 Å². The fraction of sp³-hybridized carbons (Fsp3) is 0.600. The summed E-state index contributed by atoms with van der Waals surface area (Å²) >= 11 is 0. The normalized spacial score (nSPS) is 42.3. The largest absolute Gasteiger partial charge is 0.243 e. The van der Waals surface area contributed by atoms with Crippen LogP contribution in [0.2, 0.25) is 0 Å². The van der Waals surface area contributed by atoms with Crippen LogP contribution in [0.15, 0.2) is 23.3 Å². The Labute approximate surface area is 80.7 Å². The van der Waals surface area contributed by atoms with Crippen LogP contribution in [0.5, 0.6) is 0 Å². The minimum atomic E-state index is -0.802. The summed E-state index contributed by atoms with van der Waals surface area (Å²) in [7, 11) is -0.802. The number of hydrogen-bond donors (Lipinski definition) is 1. The zero-order valence-corrected chi connectivity index (χ0v) is 8.27. The first-order chi connectivity index (χ1) is 6.34. The second-order valence-corrected chi connectivity index (χ2v) is 5.31. The van der Waals surface area contributed by atoms with Gasteiger partial charge in [0, 0.05) is 6.54 Å². The third-order valence-electron chi connectivity index (χ3n) is 3.38. The van der Waals surface area contributed by atoms with E-state index in [-0.39, 0.29) is 0 Å². The molecule has 0 saturated heterocycles. The summed E-state index contributed by atoms with van der Waals surface area (Å²) in [4.78, 5) is 0. The van der Waals surface area contributed by atoms with Crippen LogP contribution in [-0.4, -0.2) is 16.5 Å². The van der Waals surface area contributed by atoms with Gasteiger partial charge in [0.1, 0.15) is 0 Å². The lowest BCUT2D eigenvalue weighted by atomic mass is 9.72. The number of fused-ring (bicyclic) bond motifs is 1. The Bertz CT molecular complexity index is 332. The molecule has 0 spiro atoms. The Morgan fingerprint density at radius 2 is 1.92 bits per heavy atom. The van der Waals surface area contributed by atoms with Gasteiger partial charge < -0.3 is 0 Å². The minimum Gasteiger partial charge on any atom is -0.243 e. The molecule has 0 aromatic rings. The first kappa shape index (κ1) is 7.94. The maximum Gasteiger partial charge on any atom is 0.0960 e. The van der Waals surface area contributed by atoms with Crippen molar-refractivity contribution in [1.29, 1.82) is 0 Å². The van der Waals surface area contributed by atoms with Gasteiger partial charge in [0.2, 0.25) is 0 Å². The van der Waals surface area contributed by atoms with Crippen LogP contribution in [0, 0.1) is 11.8 Å². The van der Waals surface area contributed by atoms with E-state index in [0.29, 0.717) is 11.8 Å². The van der Waals surface area contributed by atoms with Crippen molar-refractivity contribution in [3.63, 3.8) is 0 Å². The summed E-state index contributed by atoms with van der Waals surface area (Å²) in [5, 5.41) is 0. The van der Waals surface area contributed by atoms with Gasteiger partial charge in [-0.1, -0.05) is 12.2 Å². The lowest BCUT2D eigenvalue weighted by molar-refractivity contribution is 0.469. The summed E-state index contributed by atoms with van der Waals surface area (Å²) in [5.41, 5.74) is 3.02. The molecule has 3 unspecified atom stereocenters. The molecule has 3 atom stereocenters. The zero-order valence-electron chi connectivity index (χ0n) is 7.45. The predicted molar refractivity (Wildman–Crippen MR) is 53.4 cm³/mol. The van der Waals surface area contributed by atoms with Crippen molar-refractivity contribution in [2.24, 2.45) is 11.8 Å². The van der Waals surface area contributed by atoms with Crippen LogP contribution in [0.4, 0.5) is 0 Å². The van der Waals surface area contributed by atoms with Gasteiger partial charge in [-0.3, -0.25) is 0 Å². The average molecular weight is 195 g/mol. The first-order valence-electron chi connectivity index (χ1n) is 4.86. The van der Waals surface area contributed by atoms with Gasteiger partial charge in [-0.15, -0.1) is 0 Å². The fourth-order valence-corrected chi connectivity index (χ4v) is 3.77. The lowest BCUT2D eigenvalue weighted by Gasteiger charge is -2.38. The van der Waals surface area contributed by atoms with E-state index in [1.807, 2.05) is 0 Å². The molecule has 0 aromatic carbocycles. The van der Waals surface area contributed by atoms with Crippen molar-refractivity contribution in [3.8, 4) is 0 Å². The van der Waals surface area contributed by atoms with Gasteiger partial charge in [-0.05, 0) is 35.8 Å². The molecule has 13 heavy (non-hydrogen) atoms. The summed E-state index contributed by atoms with van der Waals surface area (Å²) in [6.07, 6.45) is 7.23. The van der Waals surface area contributed by atoms with Crippen molar-refractivity contribution in [2.45, 2.75) is 12.8 Å². The molecule has 0 radical (unpaired) electrons. The zero-order chi connectivity index (χ0) is 8.84. The fourth-order valence-electron chi connectivity index (χ4n) is 2.67. The van der Waals surface area contributed by atoms with Crippen molar-refractivity contribution < 1.29 is 4.21 Å². The molecule has 1 N–H and O–H groups in total. The highest BCUT2D eigenvalue weighted by molar-refractivity contribution is 7.83. The highest BCUT2D eigenvalue weighted by atomic mass is 32.2. The van der Waals surface area contributed by atoms with E-state index in [1.165, 1.54) is 18.4 Å². The third-order valence-corrected chi connectivity index (χ3v) is 4.42. The molecule has 1 heterocycles. The molecule has 2 bridgehead atoms. The van der Waals surface area contributed by atoms with E-state index in [9.17, 15) is 4.21 Å². The van der Waals surface area contributed by atoms with E-state index in [1.54, 1.807) is 5.57 Å². The average Bonchev–Trinajstić information content (AvgIpc) is 2.19.